The van der Waals surface area contributed by atoms with Crippen molar-refractivity contribution in [2.75, 3.05) is 0 Å². The zero-order valence-corrected chi connectivity index (χ0v) is 12.7. The Morgan fingerprint density at radius 3 is 2.50 bits per heavy atom. The third-order valence-electron chi connectivity index (χ3n) is 2.21. The van der Waals surface area contributed by atoms with Crippen molar-refractivity contribution in [3.8, 4) is 0 Å². The van der Waals surface area contributed by atoms with Crippen LogP contribution < -0.4 is 0 Å². The summed E-state index contributed by atoms with van der Waals surface area (Å²) in [6.45, 7) is 4.09. The van der Waals surface area contributed by atoms with Crippen LogP contribution in [-0.4, -0.2) is 9.97 Å². The maximum Gasteiger partial charge on any atom is 0.140 e. The molecule has 5 heteroatoms. The molecule has 0 aliphatic rings. The Kier molecular flexibility index (Phi) is 3.52. The molecule has 1 heterocycles. The van der Waals surface area contributed by atoms with E-state index < -0.39 is 0 Å². The van der Waals surface area contributed by atoms with Gasteiger partial charge in [-0.2, -0.15) is 0 Å². The average Bonchev–Trinajstić information content (AvgIpc) is 2.19. The molecule has 0 saturated heterocycles. The van der Waals surface area contributed by atoms with Gasteiger partial charge in [-0.1, -0.05) is 41.4 Å². The third kappa shape index (κ3) is 2.24. The van der Waals surface area contributed by atoms with E-state index in [9.17, 15) is 0 Å². The summed E-state index contributed by atoms with van der Waals surface area (Å²) in [7, 11) is 0. The van der Waals surface area contributed by atoms with Crippen molar-refractivity contribution in [2.24, 2.45) is 0 Å². The highest BCUT2D eigenvalue weighted by molar-refractivity contribution is 9.11. The first-order valence-corrected chi connectivity index (χ1v) is 6.77. The number of rotatable bonds is 1. The van der Waals surface area contributed by atoms with E-state index in [1.807, 2.05) is 26.0 Å². The minimum atomic E-state index is 0.262. The van der Waals surface area contributed by atoms with Crippen molar-refractivity contribution in [3.05, 3.63) is 32.1 Å². The molecule has 0 amide bonds. The molecule has 0 radical (unpaired) electrons. The number of nitrogens with zero attached hydrogens (tertiary/aromatic N) is 2. The first-order chi connectivity index (χ1) is 7.49. The predicted molar refractivity (Wildman–Crippen MR) is 74.0 cm³/mol. The zero-order valence-electron chi connectivity index (χ0n) is 8.76. The van der Waals surface area contributed by atoms with Crippen LogP contribution in [0.15, 0.2) is 21.1 Å². The molecule has 16 heavy (non-hydrogen) atoms. The van der Waals surface area contributed by atoms with Crippen LogP contribution in [0.4, 0.5) is 0 Å². The van der Waals surface area contributed by atoms with Gasteiger partial charge < -0.3 is 0 Å². The molecular weight excluding hydrogens is 355 g/mol. The van der Waals surface area contributed by atoms with Crippen molar-refractivity contribution in [2.45, 2.75) is 19.8 Å². The molecular formula is C11H9Br2ClN2. The maximum atomic E-state index is 6.16. The Hall–Kier alpha value is -0.190. The minimum absolute atomic E-state index is 0.262. The van der Waals surface area contributed by atoms with E-state index in [2.05, 4.69) is 41.8 Å². The Labute approximate surface area is 116 Å². The van der Waals surface area contributed by atoms with Crippen LogP contribution >= 0.6 is 43.5 Å². The van der Waals surface area contributed by atoms with Gasteiger partial charge in [0.1, 0.15) is 11.0 Å². The van der Waals surface area contributed by atoms with Crippen LogP contribution in [0.1, 0.15) is 25.6 Å². The van der Waals surface area contributed by atoms with Gasteiger partial charge in [-0.25, -0.2) is 9.97 Å². The smallest absolute Gasteiger partial charge is 0.140 e. The highest BCUT2D eigenvalue weighted by Crippen LogP contribution is 2.31. The summed E-state index contributed by atoms with van der Waals surface area (Å²) < 4.78 is 1.87. The molecule has 2 rings (SSSR count). The van der Waals surface area contributed by atoms with Gasteiger partial charge in [0.2, 0.25) is 0 Å². The summed E-state index contributed by atoms with van der Waals surface area (Å²) in [5, 5.41) is 1.35. The second-order valence-electron chi connectivity index (χ2n) is 3.81. The quantitative estimate of drug-likeness (QED) is 0.671. The Bertz CT molecular complexity index is 555. The van der Waals surface area contributed by atoms with Crippen molar-refractivity contribution < 1.29 is 0 Å². The fourth-order valence-electron chi connectivity index (χ4n) is 1.40. The molecule has 0 fully saturated rings. The van der Waals surface area contributed by atoms with E-state index in [1.165, 1.54) is 0 Å². The lowest BCUT2D eigenvalue weighted by Crippen LogP contribution is -1.99. The van der Waals surface area contributed by atoms with E-state index in [1.54, 1.807) is 0 Å². The second-order valence-corrected chi connectivity index (χ2v) is 5.94. The fourth-order valence-corrected chi connectivity index (χ4v) is 2.94. The van der Waals surface area contributed by atoms with Crippen LogP contribution in [0, 0.1) is 0 Å². The van der Waals surface area contributed by atoms with E-state index in [4.69, 9.17) is 11.6 Å². The molecule has 0 saturated carbocycles. The summed E-state index contributed by atoms with van der Waals surface area (Å²) in [6.07, 6.45) is 0. The first kappa shape index (κ1) is 12.3. The van der Waals surface area contributed by atoms with Crippen LogP contribution in [0.25, 0.3) is 10.9 Å². The molecule has 2 aromatic rings. The van der Waals surface area contributed by atoms with Crippen molar-refractivity contribution in [3.63, 3.8) is 0 Å². The SMILES string of the molecule is CC(C)c1nc(Cl)c2cc(Br)cc(Br)c2n1. The first-order valence-electron chi connectivity index (χ1n) is 4.81. The highest BCUT2D eigenvalue weighted by atomic mass is 79.9. The molecule has 1 aromatic carbocycles. The number of benzene rings is 1. The van der Waals surface area contributed by atoms with Gasteiger partial charge in [0.25, 0.3) is 0 Å². The third-order valence-corrected chi connectivity index (χ3v) is 3.56. The maximum absolute atomic E-state index is 6.16. The Balaban J connectivity index is 2.82. The van der Waals surface area contributed by atoms with E-state index in [-0.39, 0.29) is 5.92 Å². The van der Waals surface area contributed by atoms with Crippen LogP contribution in [0.3, 0.4) is 0 Å². The molecule has 0 bridgehead atoms. The zero-order chi connectivity index (χ0) is 11.9. The number of hydrogen-bond donors (Lipinski definition) is 0. The van der Waals surface area contributed by atoms with Crippen LogP contribution in [0.2, 0.25) is 5.15 Å². The van der Waals surface area contributed by atoms with Gasteiger partial charge in [0.15, 0.2) is 0 Å². The largest absolute Gasteiger partial charge is 0.231 e. The number of hydrogen-bond acceptors (Lipinski definition) is 2. The van der Waals surface area contributed by atoms with Gasteiger partial charge in [0.05, 0.1) is 5.52 Å². The van der Waals surface area contributed by atoms with E-state index >= 15 is 0 Å². The molecule has 84 valence electrons. The number of fused-ring (bicyclic) bond motifs is 1. The van der Waals surface area contributed by atoms with Crippen molar-refractivity contribution in [1.82, 2.24) is 9.97 Å². The molecule has 0 unspecified atom stereocenters. The van der Waals surface area contributed by atoms with Gasteiger partial charge in [0, 0.05) is 20.2 Å². The number of aromatic nitrogens is 2. The lowest BCUT2D eigenvalue weighted by molar-refractivity contribution is 0.783. The molecule has 0 atom stereocenters. The molecule has 2 nitrogen and oxygen atoms in total. The predicted octanol–water partition coefficient (Wildman–Crippen LogP) is 4.93. The van der Waals surface area contributed by atoms with Crippen LogP contribution in [0.5, 0.6) is 0 Å². The fraction of sp³-hybridized carbons (Fsp3) is 0.273. The van der Waals surface area contributed by atoms with Crippen molar-refractivity contribution >= 4 is 54.4 Å². The summed E-state index contributed by atoms with van der Waals surface area (Å²) in [5.74, 6) is 1.03. The minimum Gasteiger partial charge on any atom is -0.231 e. The summed E-state index contributed by atoms with van der Waals surface area (Å²) in [4.78, 5) is 8.81. The monoisotopic (exact) mass is 362 g/mol. The lowest BCUT2D eigenvalue weighted by atomic mass is 10.2. The highest BCUT2D eigenvalue weighted by Gasteiger charge is 2.11. The Morgan fingerprint density at radius 1 is 1.19 bits per heavy atom. The molecule has 1 aromatic heterocycles. The van der Waals surface area contributed by atoms with Crippen LogP contribution in [-0.2, 0) is 0 Å². The topological polar surface area (TPSA) is 25.8 Å². The van der Waals surface area contributed by atoms with Crippen molar-refractivity contribution in [1.29, 1.82) is 0 Å². The van der Waals surface area contributed by atoms with E-state index in [0.717, 1.165) is 25.7 Å². The Morgan fingerprint density at radius 2 is 1.88 bits per heavy atom. The summed E-state index contributed by atoms with van der Waals surface area (Å²) in [5.41, 5.74) is 0.854. The summed E-state index contributed by atoms with van der Waals surface area (Å²) in [6, 6.07) is 3.88. The molecule has 0 aliphatic heterocycles. The normalized spacial score (nSPS) is 11.4. The van der Waals surface area contributed by atoms with Gasteiger partial charge in [-0.15, -0.1) is 0 Å². The second kappa shape index (κ2) is 4.59. The van der Waals surface area contributed by atoms with Gasteiger partial charge in [-0.3, -0.25) is 0 Å². The lowest BCUT2D eigenvalue weighted by Gasteiger charge is -2.08. The van der Waals surface area contributed by atoms with E-state index in [0.29, 0.717) is 5.15 Å². The molecule has 0 aliphatic carbocycles. The molecule has 0 spiro atoms. The summed E-state index contributed by atoms with van der Waals surface area (Å²) >= 11 is 13.1. The van der Waals surface area contributed by atoms with Gasteiger partial charge in [-0.05, 0) is 28.1 Å². The van der Waals surface area contributed by atoms with Gasteiger partial charge >= 0.3 is 0 Å². The molecule has 0 N–H and O–H groups in total. The average molecular weight is 364 g/mol. The number of halogens is 3. The standard InChI is InChI=1S/C11H9Br2ClN2/c1-5(2)11-15-9-7(10(14)16-11)3-6(12)4-8(9)13/h3-5H,1-2H3.